The molecule has 1 aromatic heterocycles. The lowest BCUT2D eigenvalue weighted by molar-refractivity contribution is 0.338. The molecule has 0 spiro atoms. The Kier molecular flexibility index (Phi) is 7.65. The summed E-state index contributed by atoms with van der Waals surface area (Å²) in [5.41, 5.74) is 1.20. The van der Waals surface area contributed by atoms with Gasteiger partial charge < -0.3 is 9.30 Å². The van der Waals surface area contributed by atoms with E-state index in [1.165, 1.54) is 12.0 Å². The molecule has 0 atom stereocenters. The average Bonchev–Trinajstić information content (AvgIpc) is 2.86. The van der Waals surface area contributed by atoms with Crippen molar-refractivity contribution in [2.75, 3.05) is 6.61 Å². The molecule has 1 N–H and O–H groups in total. The number of para-hydroxylation sites is 1. The van der Waals surface area contributed by atoms with Gasteiger partial charge >= 0.3 is 0 Å². The van der Waals surface area contributed by atoms with E-state index in [4.69, 9.17) is 17.0 Å². The Bertz CT molecular complexity index is 548. The molecule has 2 rings (SSSR count). The summed E-state index contributed by atoms with van der Waals surface area (Å²) in [6.45, 7) is 7.91. The van der Waals surface area contributed by atoms with Crippen molar-refractivity contribution in [3.8, 4) is 5.75 Å². The van der Waals surface area contributed by atoms with Crippen LogP contribution in [0.25, 0.3) is 0 Å². The van der Waals surface area contributed by atoms with Crippen molar-refractivity contribution in [1.82, 2.24) is 14.8 Å². The molecule has 1 heterocycles. The van der Waals surface area contributed by atoms with E-state index in [1.807, 2.05) is 42.7 Å². The normalized spacial score (nSPS) is 9.75. The van der Waals surface area contributed by atoms with Gasteiger partial charge in [0.15, 0.2) is 4.77 Å². The van der Waals surface area contributed by atoms with Gasteiger partial charge in [-0.2, -0.15) is 5.10 Å². The van der Waals surface area contributed by atoms with Crippen LogP contribution in [-0.2, 0) is 6.54 Å². The van der Waals surface area contributed by atoms with E-state index in [1.54, 1.807) is 6.33 Å². The first-order valence-electron chi connectivity index (χ1n) is 6.97. The van der Waals surface area contributed by atoms with E-state index < -0.39 is 0 Å². The number of unbranched alkanes of at least 4 members (excludes halogenated alkanes) is 1. The van der Waals surface area contributed by atoms with Crippen molar-refractivity contribution in [1.29, 1.82) is 0 Å². The average molecular weight is 293 g/mol. The Balaban J connectivity index is 0.000000200. The van der Waals surface area contributed by atoms with Gasteiger partial charge in [-0.05, 0) is 44.1 Å². The second kappa shape index (κ2) is 9.31. The maximum Gasteiger partial charge on any atom is 0.194 e. The number of nitrogens with zero attached hydrogens (tertiary/aromatic N) is 2. The molecule has 0 fully saturated rings. The summed E-state index contributed by atoms with van der Waals surface area (Å²) in [5, 5.41) is 6.51. The predicted molar refractivity (Wildman–Crippen MR) is 84.7 cm³/mol. The standard InChI is InChI=1S/C9H12O.C6H11N3S/c1-3-10-9-7-5-4-6-8(9)2;1-2-3-4-9-5-7-8-6(9)10/h4-7H,3H2,1-2H3;5H,2-4H2,1H3,(H,8,10). The number of ether oxygens (including phenoxy) is 1. The lowest BCUT2D eigenvalue weighted by Gasteiger charge is -2.04. The number of hydrogen-bond acceptors (Lipinski definition) is 3. The largest absolute Gasteiger partial charge is 0.494 e. The second-order valence-electron chi connectivity index (χ2n) is 4.41. The molecule has 0 aliphatic carbocycles. The Morgan fingerprint density at radius 2 is 2.05 bits per heavy atom. The van der Waals surface area contributed by atoms with Crippen molar-refractivity contribution in [3.05, 3.63) is 40.9 Å². The number of rotatable bonds is 5. The highest BCUT2D eigenvalue weighted by molar-refractivity contribution is 7.71. The molecule has 0 amide bonds. The maximum absolute atomic E-state index is 5.34. The first-order chi connectivity index (χ1) is 9.69. The quantitative estimate of drug-likeness (QED) is 0.843. The van der Waals surface area contributed by atoms with Crippen molar-refractivity contribution in [3.63, 3.8) is 0 Å². The summed E-state index contributed by atoms with van der Waals surface area (Å²) in [4.78, 5) is 0. The van der Waals surface area contributed by atoms with E-state index in [2.05, 4.69) is 17.1 Å². The molecule has 0 radical (unpaired) electrons. The zero-order chi connectivity index (χ0) is 14.8. The third-order valence-electron chi connectivity index (χ3n) is 2.76. The monoisotopic (exact) mass is 293 g/mol. The van der Waals surface area contributed by atoms with Gasteiger partial charge in [0.1, 0.15) is 12.1 Å². The van der Waals surface area contributed by atoms with Gasteiger partial charge in [-0.1, -0.05) is 31.5 Å². The van der Waals surface area contributed by atoms with Crippen molar-refractivity contribution < 1.29 is 4.74 Å². The molecule has 110 valence electrons. The third kappa shape index (κ3) is 5.57. The summed E-state index contributed by atoms with van der Waals surface area (Å²) in [6.07, 6.45) is 4.08. The van der Waals surface area contributed by atoms with Gasteiger partial charge in [-0.3, -0.25) is 5.10 Å². The Morgan fingerprint density at radius 1 is 1.30 bits per heavy atom. The lowest BCUT2D eigenvalue weighted by Crippen LogP contribution is -1.94. The first-order valence-corrected chi connectivity index (χ1v) is 7.38. The number of aromatic amines is 1. The smallest absolute Gasteiger partial charge is 0.194 e. The zero-order valence-electron chi connectivity index (χ0n) is 12.4. The van der Waals surface area contributed by atoms with Gasteiger partial charge in [0.25, 0.3) is 0 Å². The summed E-state index contributed by atoms with van der Waals surface area (Å²) >= 11 is 4.94. The van der Waals surface area contributed by atoms with E-state index >= 15 is 0 Å². The zero-order valence-corrected chi connectivity index (χ0v) is 13.2. The molecule has 20 heavy (non-hydrogen) atoms. The molecule has 0 saturated carbocycles. The number of hydrogen-bond donors (Lipinski definition) is 1. The lowest BCUT2D eigenvalue weighted by atomic mass is 10.2. The highest BCUT2D eigenvalue weighted by atomic mass is 32.1. The summed E-state index contributed by atoms with van der Waals surface area (Å²) in [5.74, 6) is 0.991. The Hall–Kier alpha value is -1.62. The van der Waals surface area contributed by atoms with Crippen LogP contribution in [0.15, 0.2) is 30.6 Å². The van der Waals surface area contributed by atoms with Gasteiger partial charge in [-0.25, -0.2) is 0 Å². The Morgan fingerprint density at radius 3 is 2.60 bits per heavy atom. The highest BCUT2D eigenvalue weighted by Gasteiger charge is 1.93. The number of H-pyrrole nitrogens is 1. The summed E-state index contributed by atoms with van der Waals surface area (Å²) in [6, 6.07) is 8.03. The second-order valence-corrected chi connectivity index (χ2v) is 4.79. The van der Waals surface area contributed by atoms with Gasteiger partial charge in [0.05, 0.1) is 6.61 Å². The maximum atomic E-state index is 5.34. The summed E-state index contributed by atoms with van der Waals surface area (Å²) in [7, 11) is 0. The van der Waals surface area contributed by atoms with Gasteiger partial charge in [-0.15, -0.1) is 0 Å². The minimum atomic E-state index is 0.716. The van der Waals surface area contributed by atoms with Crippen molar-refractivity contribution in [2.24, 2.45) is 0 Å². The van der Waals surface area contributed by atoms with Crippen LogP contribution in [0.2, 0.25) is 0 Å². The fraction of sp³-hybridized carbons (Fsp3) is 0.467. The topological polar surface area (TPSA) is 42.8 Å². The van der Waals surface area contributed by atoms with Crippen LogP contribution in [0.1, 0.15) is 32.3 Å². The number of aryl methyl sites for hydroxylation is 2. The molecule has 0 aliphatic heterocycles. The first kappa shape index (κ1) is 16.4. The van der Waals surface area contributed by atoms with Crippen LogP contribution in [0.4, 0.5) is 0 Å². The van der Waals surface area contributed by atoms with Crippen molar-refractivity contribution >= 4 is 12.2 Å². The molecule has 0 aliphatic rings. The number of benzene rings is 1. The molecule has 0 unspecified atom stereocenters. The van der Waals surface area contributed by atoms with E-state index in [0.717, 1.165) is 25.3 Å². The molecular weight excluding hydrogens is 270 g/mol. The predicted octanol–water partition coefficient (Wildman–Crippen LogP) is 4.13. The van der Waals surface area contributed by atoms with E-state index in [0.29, 0.717) is 4.77 Å². The summed E-state index contributed by atoms with van der Waals surface area (Å²) < 4.78 is 8.00. The van der Waals surface area contributed by atoms with E-state index in [-0.39, 0.29) is 0 Å². The van der Waals surface area contributed by atoms with Crippen LogP contribution < -0.4 is 4.74 Å². The fourth-order valence-corrected chi connectivity index (χ4v) is 1.82. The molecule has 5 heteroatoms. The molecule has 4 nitrogen and oxygen atoms in total. The SMILES string of the molecule is CCCCn1cn[nH]c1=S.CCOc1ccccc1C. The molecule has 0 saturated heterocycles. The van der Waals surface area contributed by atoms with Crippen molar-refractivity contribution in [2.45, 2.75) is 40.2 Å². The Labute approximate surface area is 125 Å². The van der Waals surface area contributed by atoms with Gasteiger partial charge in [0, 0.05) is 6.54 Å². The minimum absolute atomic E-state index is 0.716. The van der Waals surface area contributed by atoms with Crippen LogP contribution in [0.3, 0.4) is 0 Å². The number of aromatic nitrogens is 3. The molecule has 2 aromatic rings. The molecule has 1 aromatic carbocycles. The highest BCUT2D eigenvalue weighted by Crippen LogP contribution is 2.15. The van der Waals surface area contributed by atoms with Crippen LogP contribution >= 0.6 is 12.2 Å². The van der Waals surface area contributed by atoms with Crippen LogP contribution in [-0.4, -0.2) is 21.4 Å². The number of nitrogens with one attached hydrogen (secondary N) is 1. The van der Waals surface area contributed by atoms with Crippen LogP contribution in [0, 0.1) is 11.7 Å². The van der Waals surface area contributed by atoms with Gasteiger partial charge in [0.2, 0.25) is 0 Å². The fourth-order valence-electron chi connectivity index (χ4n) is 1.63. The molecule has 0 bridgehead atoms. The van der Waals surface area contributed by atoms with Crippen LogP contribution in [0.5, 0.6) is 5.75 Å². The third-order valence-corrected chi connectivity index (χ3v) is 3.09. The minimum Gasteiger partial charge on any atom is -0.494 e. The van der Waals surface area contributed by atoms with E-state index in [9.17, 15) is 0 Å². The molecular formula is C15H23N3OS.